The van der Waals surface area contributed by atoms with Crippen LogP contribution in [0, 0.1) is 6.92 Å². The van der Waals surface area contributed by atoms with Crippen LogP contribution in [0.3, 0.4) is 0 Å². The molecular formula is C45H66Br2N2S2. The molecule has 1 aromatic carbocycles. The van der Waals surface area contributed by atoms with Gasteiger partial charge in [0.25, 0.3) is 0 Å². The lowest BCUT2D eigenvalue weighted by molar-refractivity contribution is 0.556. The molecule has 0 amide bonds. The third-order valence-electron chi connectivity index (χ3n) is 10.5. The van der Waals surface area contributed by atoms with E-state index in [1.54, 1.807) is 0 Å². The van der Waals surface area contributed by atoms with Gasteiger partial charge in [-0.25, -0.2) is 9.97 Å². The fraction of sp³-hybridized carbons (Fsp3) is 0.644. The third kappa shape index (κ3) is 13.9. The molecule has 0 aliphatic heterocycles. The van der Waals surface area contributed by atoms with E-state index in [9.17, 15) is 0 Å². The van der Waals surface area contributed by atoms with Gasteiger partial charge in [-0.05, 0) is 101 Å². The summed E-state index contributed by atoms with van der Waals surface area (Å²) >= 11 is 11.5. The Kier molecular flexibility index (Phi) is 20.4. The minimum absolute atomic E-state index is 1.03. The third-order valence-corrected chi connectivity index (χ3v) is 14.6. The van der Waals surface area contributed by atoms with Gasteiger partial charge in [-0.2, -0.15) is 0 Å². The molecule has 282 valence electrons. The van der Waals surface area contributed by atoms with Crippen LogP contribution in [0.2, 0.25) is 0 Å². The number of benzene rings is 1. The van der Waals surface area contributed by atoms with Gasteiger partial charge in [0.1, 0.15) is 0 Å². The maximum absolute atomic E-state index is 5.62. The summed E-state index contributed by atoms with van der Waals surface area (Å²) < 4.78 is 2.48. The van der Waals surface area contributed by atoms with E-state index in [1.165, 1.54) is 192 Å². The number of fused-ring (bicyclic) bond motifs is 1. The van der Waals surface area contributed by atoms with E-state index in [1.807, 2.05) is 22.7 Å². The first-order chi connectivity index (χ1) is 25.0. The Bertz CT molecular complexity index is 1550. The SMILES string of the molecule is CCCCCCCCCCCCc1cc(-c2ccc(-c3cc(C)c(Br)s3)c3nc(CCCCCCCC)c(CCCCCCCC)nc23)sc1Br. The first-order valence-electron chi connectivity index (χ1n) is 20.8. The Labute approximate surface area is 336 Å². The van der Waals surface area contributed by atoms with Crippen molar-refractivity contribution >= 4 is 65.6 Å². The van der Waals surface area contributed by atoms with Gasteiger partial charge < -0.3 is 0 Å². The lowest BCUT2D eigenvalue weighted by Gasteiger charge is -2.14. The van der Waals surface area contributed by atoms with E-state index in [0.29, 0.717) is 0 Å². The number of nitrogens with zero attached hydrogens (tertiary/aromatic N) is 2. The van der Waals surface area contributed by atoms with Gasteiger partial charge in [-0.1, -0.05) is 155 Å². The fourth-order valence-corrected chi connectivity index (χ4v) is 10.6. The van der Waals surface area contributed by atoms with Crippen LogP contribution in [0.25, 0.3) is 31.9 Å². The highest BCUT2D eigenvalue weighted by Crippen LogP contribution is 2.43. The zero-order chi connectivity index (χ0) is 36.3. The fourth-order valence-electron chi connectivity index (χ4n) is 7.25. The lowest BCUT2D eigenvalue weighted by Crippen LogP contribution is -2.05. The summed E-state index contributed by atoms with van der Waals surface area (Å²) in [5.74, 6) is 0. The standard InChI is InChI=1S/C45H66Br2N2S2/c1-5-8-11-14-17-18-19-20-21-24-27-35-33-41(51-45(35)47)37-31-30-36(40-32-34(4)44(46)50-40)42-43(37)49-39(29-26-23-16-13-10-7-3)38(48-42)28-25-22-15-12-9-6-2/h30-33H,5-29H2,1-4H3. The molecule has 0 spiro atoms. The van der Waals surface area contributed by atoms with Crippen molar-refractivity contribution in [2.45, 2.75) is 188 Å². The van der Waals surface area contributed by atoms with E-state index in [4.69, 9.17) is 9.97 Å². The highest BCUT2D eigenvalue weighted by Gasteiger charge is 2.20. The van der Waals surface area contributed by atoms with Crippen LogP contribution in [0.15, 0.2) is 31.8 Å². The maximum atomic E-state index is 5.62. The molecule has 0 unspecified atom stereocenters. The maximum Gasteiger partial charge on any atom is 0.0983 e. The number of halogens is 2. The smallest absolute Gasteiger partial charge is 0.0983 e. The summed E-state index contributed by atoms with van der Waals surface area (Å²) in [6.45, 7) is 9.09. The highest BCUT2D eigenvalue weighted by atomic mass is 79.9. The Hall–Kier alpha value is -1.08. The second kappa shape index (κ2) is 24.4. The summed E-state index contributed by atoms with van der Waals surface area (Å²) in [6.07, 6.45) is 32.6. The van der Waals surface area contributed by atoms with E-state index in [2.05, 4.69) is 83.8 Å². The summed E-state index contributed by atoms with van der Waals surface area (Å²) in [4.78, 5) is 13.8. The zero-order valence-electron chi connectivity index (χ0n) is 32.5. The van der Waals surface area contributed by atoms with Crippen molar-refractivity contribution in [2.24, 2.45) is 0 Å². The molecule has 6 heteroatoms. The predicted octanol–water partition coefficient (Wildman–Crippen LogP) is 17.2. The molecule has 4 aromatic rings. The molecule has 0 saturated carbocycles. The number of rotatable bonds is 27. The van der Waals surface area contributed by atoms with E-state index < -0.39 is 0 Å². The molecular weight excluding hydrogens is 792 g/mol. The Morgan fingerprint density at radius 2 is 0.843 bits per heavy atom. The zero-order valence-corrected chi connectivity index (χ0v) is 37.3. The van der Waals surface area contributed by atoms with Gasteiger partial charge in [0.05, 0.1) is 30.0 Å². The number of aromatic nitrogens is 2. The number of thiophene rings is 2. The van der Waals surface area contributed by atoms with Crippen LogP contribution in [-0.2, 0) is 19.3 Å². The normalized spacial score (nSPS) is 11.7. The van der Waals surface area contributed by atoms with Crippen molar-refractivity contribution in [1.29, 1.82) is 0 Å². The number of hydrogen-bond acceptors (Lipinski definition) is 4. The van der Waals surface area contributed by atoms with Crippen LogP contribution < -0.4 is 0 Å². The monoisotopic (exact) mass is 856 g/mol. The quantitative estimate of drug-likeness (QED) is 0.0558. The van der Waals surface area contributed by atoms with Gasteiger partial charge in [0.15, 0.2) is 0 Å². The Morgan fingerprint density at radius 1 is 0.471 bits per heavy atom. The van der Waals surface area contributed by atoms with Crippen molar-refractivity contribution < 1.29 is 0 Å². The van der Waals surface area contributed by atoms with Crippen molar-refractivity contribution in [2.75, 3.05) is 0 Å². The molecule has 0 atom stereocenters. The van der Waals surface area contributed by atoms with Crippen LogP contribution >= 0.6 is 54.5 Å². The number of aryl methyl sites for hydroxylation is 4. The van der Waals surface area contributed by atoms with E-state index >= 15 is 0 Å². The average molecular weight is 859 g/mol. The van der Waals surface area contributed by atoms with Gasteiger partial charge in [-0.3, -0.25) is 0 Å². The first-order valence-corrected chi connectivity index (χ1v) is 24.1. The van der Waals surface area contributed by atoms with Gasteiger partial charge >= 0.3 is 0 Å². The number of hydrogen-bond donors (Lipinski definition) is 0. The van der Waals surface area contributed by atoms with Crippen LogP contribution in [-0.4, -0.2) is 9.97 Å². The molecule has 0 aliphatic carbocycles. The average Bonchev–Trinajstić information content (AvgIpc) is 3.67. The van der Waals surface area contributed by atoms with Gasteiger partial charge in [-0.15, -0.1) is 22.7 Å². The summed E-state index contributed by atoms with van der Waals surface area (Å²) in [5, 5.41) is 0. The highest BCUT2D eigenvalue weighted by molar-refractivity contribution is 9.11. The van der Waals surface area contributed by atoms with Gasteiger partial charge in [0.2, 0.25) is 0 Å². The molecule has 0 bridgehead atoms. The molecule has 0 fully saturated rings. The molecule has 0 aliphatic rings. The Balaban J connectivity index is 1.58. The molecule has 0 N–H and O–H groups in total. The minimum atomic E-state index is 1.03. The van der Waals surface area contributed by atoms with Crippen LogP contribution in [0.4, 0.5) is 0 Å². The van der Waals surface area contributed by atoms with Gasteiger partial charge in [0, 0.05) is 20.9 Å². The second-order valence-electron chi connectivity index (χ2n) is 14.9. The topological polar surface area (TPSA) is 25.8 Å². The van der Waals surface area contributed by atoms with Crippen molar-refractivity contribution in [3.8, 4) is 20.9 Å². The van der Waals surface area contributed by atoms with Crippen molar-refractivity contribution in [3.05, 3.63) is 54.4 Å². The Morgan fingerprint density at radius 3 is 1.25 bits per heavy atom. The van der Waals surface area contributed by atoms with Crippen LogP contribution in [0.1, 0.15) is 185 Å². The minimum Gasteiger partial charge on any atom is -0.249 e. The summed E-state index contributed by atoms with van der Waals surface area (Å²) in [5.41, 5.74) is 9.84. The molecule has 3 aromatic heterocycles. The van der Waals surface area contributed by atoms with E-state index in [0.717, 1.165) is 30.3 Å². The van der Waals surface area contributed by atoms with Crippen LogP contribution in [0.5, 0.6) is 0 Å². The second-order valence-corrected chi connectivity index (χ2v) is 19.7. The van der Waals surface area contributed by atoms with Crippen molar-refractivity contribution in [1.82, 2.24) is 9.97 Å². The summed E-state index contributed by atoms with van der Waals surface area (Å²) in [7, 11) is 0. The molecule has 2 nitrogen and oxygen atoms in total. The van der Waals surface area contributed by atoms with Crippen molar-refractivity contribution in [3.63, 3.8) is 0 Å². The van der Waals surface area contributed by atoms with E-state index in [-0.39, 0.29) is 0 Å². The molecule has 3 heterocycles. The predicted molar refractivity (Wildman–Crippen MR) is 236 cm³/mol. The molecule has 0 saturated heterocycles. The number of unbranched alkanes of at least 4 members (excludes halogenated alkanes) is 19. The molecule has 51 heavy (non-hydrogen) atoms. The molecule has 0 radical (unpaired) electrons. The molecule has 4 rings (SSSR count). The lowest BCUT2D eigenvalue weighted by atomic mass is 10.0. The first kappa shape index (κ1) is 42.7. The largest absolute Gasteiger partial charge is 0.249 e. The summed E-state index contributed by atoms with van der Waals surface area (Å²) in [6, 6.07) is 9.41.